The summed E-state index contributed by atoms with van der Waals surface area (Å²) >= 11 is 0. The molecule has 1 aromatic carbocycles. The van der Waals surface area contributed by atoms with Gasteiger partial charge in [0.1, 0.15) is 11.2 Å². The highest BCUT2D eigenvalue weighted by Gasteiger charge is 2.38. The van der Waals surface area contributed by atoms with Gasteiger partial charge in [0.05, 0.1) is 24.9 Å². The average Bonchev–Trinajstić information content (AvgIpc) is 3.14. The number of hydrogen-bond acceptors (Lipinski definition) is 8. The maximum atomic E-state index is 12.6. The van der Waals surface area contributed by atoms with Crippen LogP contribution < -0.4 is 15.4 Å². The molecule has 11 heteroatoms. The highest BCUT2D eigenvalue weighted by Crippen LogP contribution is 2.37. The normalized spacial score (nSPS) is 20.5. The summed E-state index contributed by atoms with van der Waals surface area (Å²) in [7, 11) is 1.51. The van der Waals surface area contributed by atoms with Crippen LogP contribution in [0.3, 0.4) is 0 Å². The molecular weight excluding hydrogens is 408 g/mol. The Morgan fingerprint density at radius 2 is 2.16 bits per heavy atom. The average molecular weight is 431 g/mol. The molecule has 0 bridgehead atoms. The molecule has 164 valence electrons. The van der Waals surface area contributed by atoms with Crippen LogP contribution in [0, 0.1) is 5.53 Å². The molecule has 0 saturated heterocycles. The van der Waals surface area contributed by atoms with E-state index in [1.807, 2.05) is 6.07 Å². The molecule has 1 fully saturated rings. The molecule has 2 aromatic heterocycles. The largest absolute Gasteiger partial charge is 0.479 e. The van der Waals surface area contributed by atoms with E-state index >= 15 is 0 Å². The minimum Gasteiger partial charge on any atom is -0.479 e. The van der Waals surface area contributed by atoms with Crippen LogP contribution in [-0.4, -0.2) is 51.4 Å². The predicted octanol–water partition coefficient (Wildman–Crippen LogP) is 4.07. The number of aromatic nitrogens is 3. The van der Waals surface area contributed by atoms with Crippen molar-refractivity contribution >= 4 is 22.8 Å². The molecular formula is C20H23F2N7O2. The third kappa shape index (κ3) is 4.26. The Morgan fingerprint density at radius 1 is 1.39 bits per heavy atom. The molecule has 0 spiro atoms. The van der Waals surface area contributed by atoms with Crippen LogP contribution in [0.1, 0.15) is 19.8 Å². The second kappa shape index (κ2) is 8.06. The number of aliphatic hydroxyl groups is 1. The fraction of sp³-hybridized carbons (Fsp3) is 0.400. The number of nitrogens with one attached hydrogen (secondary N) is 3. The first-order valence-corrected chi connectivity index (χ1v) is 9.76. The van der Waals surface area contributed by atoms with E-state index in [-0.39, 0.29) is 11.7 Å². The molecule has 0 unspecified atom stereocenters. The van der Waals surface area contributed by atoms with Crippen molar-refractivity contribution < 1.29 is 18.6 Å². The zero-order valence-electron chi connectivity index (χ0n) is 17.1. The summed E-state index contributed by atoms with van der Waals surface area (Å²) in [6.07, 6.45) is 0.438. The number of nitrogens with zero attached hydrogens (tertiary/aromatic N) is 4. The number of halogens is 2. The number of rotatable bonds is 8. The summed E-state index contributed by atoms with van der Waals surface area (Å²) in [5.41, 5.74) is 9.27. The fourth-order valence-corrected chi connectivity index (χ4v) is 3.84. The lowest BCUT2D eigenvalue weighted by molar-refractivity contribution is -0.0236. The van der Waals surface area contributed by atoms with Crippen molar-refractivity contribution in [1.29, 1.82) is 5.53 Å². The number of methoxy groups -OCH3 is 1. The van der Waals surface area contributed by atoms with E-state index in [0.29, 0.717) is 41.4 Å². The van der Waals surface area contributed by atoms with Gasteiger partial charge in [-0.15, -0.1) is 5.10 Å². The molecule has 9 nitrogen and oxygen atoms in total. The summed E-state index contributed by atoms with van der Waals surface area (Å²) in [4.78, 5) is 4.45. The highest BCUT2D eigenvalue weighted by atomic mass is 19.3. The van der Waals surface area contributed by atoms with E-state index in [1.54, 1.807) is 35.8 Å². The zero-order chi connectivity index (χ0) is 22.2. The molecule has 1 aliphatic rings. The summed E-state index contributed by atoms with van der Waals surface area (Å²) in [5, 5.41) is 23.6. The Bertz CT molecular complexity index is 1110. The number of benzene rings is 1. The number of anilines is 2. The van der Waals surface area contributed by atoms with Crippen molar-refractivity contribution in [1.82, 2.24) is 14.6 Å². The standard InChI is InChI=1S/C20H23F2N7O2/c1-20(30)8-12(9-20)25-19-26-18(31-2)17-13(5-6-29(17)28-19)11-3-4-14(27-23)15(7-11)24-10-16(21)22/h3-7,12,16,23-24,30H,8-10H2,1-2H3,(H,25,28). The van der Waals surface area contributed by atoms with Crippen molar-refractivity contribution in [3.63, 3.8) is 0 Å². The lowest BCUT2D eigenvalue weighted by atomic mass is 9.77. The molecule has 4 N–H and O–H groups in total. The van der Waals surface area contributed by atoms with Crippen LogP contribution in [0.5, 0.6) is 5.88 Å². The maximum absolute atomic E-state index is 12.6. The van der Waals surface area contributed by atoms with Crippen molar-refractivity contribution in [2.24, 2.45) is 5.11 Å². The smallest absolute Gasteiger partial charge is 0.255 e. The van der Waals surface area contributed by atoms with Crippen molar-refractivity contribution in [3.05, 3.63) is 30.5 Å². The SMILES string of the molecule is COc1nc(NC2CC(C)(O)C2)nn2ccc(-c3ccc(N=N)c(NCC(F)F)c3)c12. The van der Waals surface area contributed by atoms with Gasteiger partial charge >= 0.3 is 0 Å². The second-order valence-electron chi connectivity index (χ2n) is 7.83. The van der Waals surface area contributed by atoms with Gasteiger partial charge in [-0.2, -0.15) is 10.1 Å². The molecule has 4 rings (SSSR count). The van der Waals surface area contributed by atoms with Gasteiger partial charge in [-0.05, 0) is 43.5 Å². The Hall–Kier alpha value is -3.34. The first-order valence-electron chi connectivity index (χ1n) is 9.76. The molecule has 1 aliphatic carbocycles. The molecule has 31 heavy (non-hydrogen) atoms. The lowest BCUT2D eigenvalue weighted by Gasteiger charge is -2.41. The first-order chi connectivity index (χ1) is 14.8. The Morgan fingerprint density at radius 3 is 2.81 bits per heavy atom. The van der Waals surface area contributed by atoms with Gasteiger partial charge in [0, 0.05) is 17.8 Å². The molecule has 0 atom stereocenters. The van der Waals surface area contributed by atoms with E-state index in [1.165, 1.54) is 7.11 Å². The third-order valence-corrected chi connectivity index (χ3v) is 5.25. The Kier molecular flexibility index (Phi) is 5.44. The molecule has 1 saturated carbocycles. The zero-order valence-corrected chi connectivity index (χ0v) is 17.1. The van der Waals surface area contributed by atoms with Gasteiger partial charge in [0.15, 0.2) is 0 Å². The van der Waals surface area contributed by atoms with E-state index in [9.17, 15) is 13.9 Å². The summed E-state index contributed by atoms with van der Waals surface area (Å²) in [6, 6.07) is 6.90. The van der Waals surface area contributed by atoms with Gasteiger partial charge in [-0.25, -0.2) is 18.8 Å². The van der Waals surface area contributed by atoms with E-state index in [4.69, 9.17) is 10.3 Å². The predicted molar refractivity (Wildman–Crippen MR) is 112 cm³/mol. The van der Waals surface area contributed by atoms with Gasteiger partial charge in [0.2, 0.25) is 11.8 Å². The van der Waals surface area contributed by atoms with Gasteiger partial charge in [0.25, 0.3) is 6.43 Å². The van der Waals surface area contributed by atoms with Crippen LogP contribution in [0.25, 0.3) is 16.6 Å². The monoisotopic (exact) mass is 431 g/mol. The van der Waals surface area contributed by atoms with Crippen molar-refractivity contribution in [2.45, 2.75) is 37.8 Å². The summed E-state index contributed by atoms with van der Waals surface area (Å²) in [5.74, 6) is 0.731. The number of ether oxygens (including phenoxy) is 1. The maximum Gasteiger partial charge on any atom is 0.255 e. The van der Waals surface area contributed by atoms with Crippen molar-refractivity contribution in [2.75, 3.05) is 24.3 Å². The third-order valence-electron chi connectivity index (χ3n) is 5.25. The molecule has 0 amide bonds. The van der Waals surface area contributed by atoms with Gasteiger partial charge in [-0.3, -0.25) is 0 Å². The van der Waals surface area contributed by atoms with E-state index < -0.39 is 18.6 Å². The topological polar surface area (TPSA) is 120 Å². The van der Waals surface area contributed by atoms with Crippen LogP contribution in [0.15, 0.2) is 35.6 Å². The van der Waals surface area contributed by atoms with Gasteiger partial charge < -0.3 is 20.5 Å². The molecule has 3 aromatic rings. The quantitative estimate of drug-likeness (QED) is 0.399. The van der Waals surface area contributed by atoms with Crippen LogP contribution in [-0.2, 0) is 0 Å². The lowest BCUT2D eigenvalue weighted by Crippen LogP contribution is -2.48. The van der Waals surface area contributed by atoms with Crippen molar-refractivity contribution in [3.8, 4) is 17.0 Å². The highest BCUT2D eigenvalue weighted by molar-refractivity contribution is 5.87. The number of alkyl halides is 2. The number of hydrogen-bond donors (Lipinski definition) is 4. The molecule has 0 aliphatic heterocycles. The number of fused-ring (bicyclic) bond motifs is 1. The van der Waals surface area contributed by atoms with Crippen LogP contribution >= 0.6 is 0 Å². The minimum atomic E-state index is -2.53. The Labute approximate surface area is 177 Å². The summed E-state index contributed by atoms with van der Waals surface area (Å²) in [6.45, 7) is 1.25. The van der Waals surface area contributed by atoms with Gasteiger partial charge in [-0.1, -0.05) is 6.07 Å². The Balaban J connectivity index is 1.68. The second-order valence-corrected chi connectivity index (χ2v) is 7.83. The first kappa shape index (κ1) is 20.9. The van der Waals surface area contributed by atoms with Crippen LogP contribution in [0.4, 0.5) is 26.1 Å². The minimum absolute atomic E-state index is 0.0804. The van der Waals surface area contributed by atoms with E-state index in [0.717, 1.165) is 5.56 Å². The van der Waals surface area contributed by atoms with Crippen LogP contribution in [0.2, 0.25) is 0 Å². The van der Waals surface area contributed by atoms with E-state index in [2.05, 4.69) is 25.8 Å². The molecule has 2 heterocycles. The summed E-state index contributed by atoms with van der Waals surface area (Å²) < 4.78 is 32.4. The fourth-order valence-electron chi connectivity index (χ4n) is 3.84. The molecule has 0 radical (unpaired) electrons.